The molecule has 0 N–H and O–H groups in total. The Bertz CT molecular complexity index is 590. The van der Waals surface area contributed by atoms with Gasteiger partial charge < -0.3 is 0 Å². The van der Waals surface area contributed by atoms with Crippen molar-refractivity contribution in [3.05, 3.63) is 58.1 Å². The van der Waals surface area contributed by atoms with Gasteiger partial charge in [-0.25, -0.2) is 0 Å². The molecule has 17 heavy (non-hydrogen) atoms. The molecular formula is C13H7Cl2NS. The molecule has 0 heterocycles. The van der Waals surface area contributed by atoms with Crippen LogP contribution in [0.15, 0.2) is 52.3 Å². The van der Waals surface area contributed by atoms with Crippen molar-refractivity contribution in [2.24, 2.45) is 0 Å². The van der Waals surface area contributed by atoms with Crippen LogP contribution in [-0.4, -0.2) is 0 Å². The van der Waals surface area contributed by atoms with Gasteiger partial charge in [0, 0.05) is 14.8 Å². The predicted octanol–water partition coefficient (Wildman–Crippen LogP) is 5.02. The highest BCUT2D eigenvalue weighted by Crippen LogP contribution is 2.36. The average Bonchev–Trinajstić information content (AvgIpc) is 2.34. The Labute approximate surface area is 114 Å². The maximum absolute atomic E-state index is 9.00. The molecular weight excluding hydrogens is 273 g/mol. The van der Waals surface area contributed by atoms with Crippen LogP contribution in [0.2, 0.25) is 10.0 Å². The van der Waals surface area contributed by atoms with Crippen molar-refractivity contribution >= 4 is 35.0 Å². The fraction of sp³-hybridized carbons (Fsp3) is 0. The smallest absolute Gasteiger partial charge is 0.100 e. The predicted molar refractivity (Wildman–Crippen MR) is 71.7 cm³/mol. The number of nitrogens with zero attached hydrogens (tertiary/aromatic N) is 1. The molecule has 0 atom stereocenters. The summed E-state index contributed by atoms with van der Waals surface area (Å²) >= 11 is 13.4. The number of benzene rings is 2. The van der Waals surface area contributed by atoms with Gasteiger partial charge in [-0.15, -0.1) is 0 Å². The van der Waals surface area contributed by atoms with Gasteiger partial charge in [0.2, 0.25) is 0 Å². The third kappa shape index (κ3) is 2.95. The first-order valence-electron chi connectivity index (χ1n) is 4.83. The highest BCUT2D eigenvalue weighted by atomic mass is 35.5. The molecule has 2 aromatic carbocycles. The van der Waals surface area contributed by atoms with E-state index in [2.05, 4.69) is 6.07 Å². The molecule has 0 aliphatic carbocycles. The van der Waals surface area contributed by atoms with Gasteiger partial charge >= 0.3 is 0 Å². The lowest BCUT2D eigenvalue weighted by Gasteiger charge is -2.05. The van der Waals surface area contributed by atoms with Crippen LogP contribution < -0.4 is 0 Å². The summed E-state index contributed by atoms with van der Waals surface area (Å²) in [5.74, 6) is 0. The van der Waals surface area contributed by atoms with Gasteiger partial charge in [-0.05, 0) is 30.3 Å². The Morgan fingerprint density at radius 3 is 2.53 bits per heavy atom. The first-order chi connectivity index (χ1) is 8.20. The van der Waals surface area contributed by atoms with E-state index in [4.69, 9.17) is 28.5 Å². The summed E-state index contributed by atoms with van der Waals surface area (Å²) in [6.45, 7) is 0. The maximum atomic E-state index is 9.00. The Morgan fingerprint density at radius 2 is 1.76 bits per heavy atom. The second-order valence-corrected chi connectivity index (χ2v) is 5.21. The average molecular weight is 280 g/mol. The lowest BCUT2D eigenvalue weighted by Crippen LogP contribution is -1.81. The van der Waals surface area contributed by atoms with Crippen LogP contribution in [0.3, 0.4) is 0 Å². The van der Waals surface area contributed by atoms with Crippen molar-refractivity contribution in [2.45, 2.75) is 9.79 Å². The SMILES string of the molecule is N#Cc1ccccc1Sc1cc(Cl)ccc1Cl. The molecule has 0 aliphatic rings. The maximum Gasteiger partial charge on any atom is 0.100 e. The summed E-state index contributed by atoms with van der Waals surface area (Å²) in [6, 6.07) is 14.8. The van der Waals surface area contributed by atoms with E-state index in [1.54, 1.807) is 24.3 Å². The number of halogens is 2. The van der Waals surface area contributed by atoms with Crippen LogP contribution in [0.5, 0.6) is 0 Å². The summed E-state index contributed by atoms with van der Waals surface area (Å²) in [7, 11) is 0. The van der Waals surface area contributed by atoms with Crippen molar-refractivity contribution in [1.29, 1.82) is 5.26 Å². The first kappa shape index (κ1) is 12.3. The summed E-state index contributed by atoms with van der Waals surface area (Å²) in [5, 5.41) is 10.3. The normalized spacial score (nSPS) is 9.94. The third-order valence-corrected chi connectivity index (χ3v) is 3.93. The molecule has 1 nitrogen and oxygen atoms in total. The number of hydrogen-bond acceptors (Lipinski definition) is 2. The largest absolute Gasteiger partial charge is 0.192 e. The van der Waals surface area contributed by atoms with Crippen LogP contribution in [0, 0.1) is 11.3 Å². The summed E-state index contributed by atoms with van der Waals surface area (Å²) in [6.07, 6.45) is 0. The van der Waals surface area contributed by atoms with Crippen molar-refractivity contribution in [3.63, 3.8) is 0 Å². The highest BCUT2D eigenvalue weighted by Gasteiger charge is 2.07. The van der Waals surface area contributed by atoms with E-state index < -0.39 is 0 Å². The molecule has 0 aromatic heterocycles. The first-order valence-corrected chi connectivity index (χ1v) is 6.40. The molecule has 0 unspecified atom stereocenters. The van der Waals surface area contributed by atoms with Gasteiger partial charge in [0.25, 0.3) is 0 Å². The Balaban J connectivity index is 2.38. The lowest BCUT2D eigenvalue weighted by molar-refractivity contribution is 1.35. The van der Waals surface area contributed by atoms with Gasteiger partial charge in [-0.3, -0.25) is 0 Å². The fourth-order valence-electron chi connectivity index (χ4n) is 1.32. The van der Waals surface area contributed by atoms with Gasteiger partial charge in [-0.1, -0.05) is 47.1 Å². The molecule has 0 bridgehead atoms. The molecule has 0 aliphatic heterocycles. The van der Waals surface area contributed by atoms with Crippen molar-refractivity contribution < 1.29 is 0 Å². The van der Waals surface area contributed by atoms with Crippen LogP contribution >= 0.6 is 35.0 Å². The standard InChI is InChI=1S/C13H7Cl2NS/c14-10-5-6-11(15)13(7-10)17-12-4-2-1-3-9(12)8-16/h1-7H. The molecule has 0 saturated carbocycles. The van der Waals surface area contributed by atoms with E-state index in [0.717, 1.165) is 9.79 Å². The van der Waals surface area contributed by atoms with Crippen LogP contribution in [0.25, 0.3) is 0 Å². The van der Waals surface area contributed by atoms with E-state index >= 15 is 0 Å². The summed E-state index contributed by atoms with van der Waals surface area (Å²) in [5.41, 5.74) is 0.633. The quantitative estimate of drug-likeness (QED) is 0.771. The Morgan fingerprint density at radius 1 is 1.00 bits per heavy atom. The fourth-order valence-corrected chi connectivity index (χ4v) is 2.75. The summed E-state index contributed by atoms with van der Waals surface area (Å²) in [4.78, 5) is 1.72. The molecule has 0 fully saturated rings. The number of hydrogen-bond donors (Lipinski definition) is 0. The van der Waals surface area contributed by atoms with Gasteiger partial charge in [-0.2, -0.15) is 5.26 Å². The molecule has 0 saturated heterocycles. The number of nitriles is 1. The van der Waals surface area contributed by atoms with Gasteiger partial charge in [0.1, 0.15) is 6.07 Å². The second kappa shape index (κ2) is 5.46. The van der Waals surface area contributed by atoms with Gasteiger partial charge in [0.15, 0.2) is 0 Å². The minimum atomic E-state index is 0.631. The third-order valence-electron chi connectivity index (χ3n) is 2.12. The van der Waals surface area contributed by atoms with Crippen LogP contribution in [0.4, 0.5) is 0 Å². The minimum Gasteiger partial charge on any atom is -0.192 e. The molecule has 0 amide bonds. The topological polar surface area (TPSA) is 23.8 Å². The molecule has 0 radical (unpaired) electrons. The highest BCUT2D eigenvalue weighted by molar-refractivity contribution is 7.99. The molecule has 0 spiro atoms. The van der Waals surface area contributed by atoms with Crippen LogP contribution in [0.1, 0.15) is 5.56 Å². The van der Waals surface area contributed by atoms with Gasteiger partial charge in [0.05, 0.1) is 10.6 Å². The molecule has 84 valence electrons. The van der Waals surface area contributed by atoms with E-state index in [0.29, 0.717) is 15.6 Å². The summed E-state index contributed by atoms with van der Waals surface area (Å²) < 4.78 is 0. The zero-order valence-electron chi connectivity index (χ0n) is 8.65. The second-order valence-electron chi connectivity index (χ2n) is 3.28. The minimum absolute atomic E-state index is 0.631. The molecule has 4 heteroatoms. The van der Waals surface area contributed by atoms with Crippen molar-refractivity contribution in [2.75, 3.05) is 0 Å². The van der Waals surface area contributed by atoms with E-state index in [1.807, 2.05) is 18.2 Å². The monoisotopic (exact) mass is 279 g/mol. The molecule has 2 aromatic rings. The van der Waals surface area contributed by atoms with Crippen LogP contribution in [-0.2, 0) is 0 Å². The van der Waals surface area contributed by atoms with Crippen molar-refractivity contribution in [3.8, 4) is 6.07 Å². The Hall–Kier alpha value is -1.14. The van der Waals surface area contributed by atoms with E-state index in [1.165, 1.54) is 11.8 Å². The lowest BCUT2D eigenvalue weighted by atomic mass is 10.2. The van der Waals surface area contributed by atoms with Crippen molar-refractivity contribution in [1.82, 2.24) is 0 Å². The number of rotatable bonds is 2. The van der Waals surface area contributed by atoms with E-state index in [9.17, 15) is 0 Å². The Kier molecular flexibility index (Phi) is 3.96. The molecule has 2 rings (SSSR count). The van der Waals surface area contributed by atoms with E-state index in [-0.39, 0.29) is 0 Å². The zero-order chi connectivity index (χ0) is 12.3. The zero-order valence-corrected chi connectivity index (χ0v) is 11.0.